The molecule has 2 aromatic rings. The lowest BCUT2D eigenvalue weighted by atomic mass is 10.1. The van der Waals surface area contributed by atoms with E-state index in [0.29, 0.717) is 6.54 Å². The van der Waals surface area contributed by atoms with Crippen LogP contribution in [0, 0.1) is 0 Å². The molecule has 1 aliphatic rings. The van der Waals surface area contributed by atoms with E-state index in [1.807, 2.05) is 42.5 Å². The largest absolute Gasteiger partial charge is 0.482 e. The van der Waals surface area contributed by atoms with Gasteiger partial charge in [-0.1, -0.05) is 22.0 Å². The van der Waals surface area contributed by atoms with Gasteiger partial charge in [-0.3, -0.25) is 4.79 Å². The maximum Gasteiger partial charge on any atom is 0.262 e. The van der Waals surface area contributed by atoms with E-state index in [-0.39, 0.29) is 12.5 Å². The number of amides is 1. The van der Waals surface area contributed by atoms with Gasteiger partial charge in [0.05, 0.1) is 5.69 Å². The van der Waals surface area contributed by atoms with Crippen molar-refractivity contribution in [3.63, 3.8) is 0 Å². The molecule has 0 radical (unpaired) electrons. The molecule has 1 heterocycles. The third-order valence-corrected chi connectivity index (χ3v) is 3.55. The first kappa shape index (κ1) is 13.0. The quantitative estimate of drug-likeness (QED) is 0.905. The van der Waals surface area contributed by atoms with E-state index in [1.165, 1.54) is 0 Å². The fourth-order valence-electron chi connectivity index (χ4n) is 2.01. The van der Waals surface area contributed by atoms with Crippen molar-refractivity contribution >= 4 is 33.2 Å². The molecule has 20 heavy (non-hydrogen) atoms. The van der Waals surface area contributed by atoms with Gasteiger partial charge in [-0.15, -0.1) is 0 Å². The molecule has 0 bridgehead atoms. The summed E-state index contributed by atoms with van der Waals surface area (Å²) in [6.07, 6.45) is 0. The summed E-state index contributed by atoms with van der Waals surface area (Å²) in [6.45, 7) is 0.772. The molecule has 2 aromatic carbocycles. The number of hydrogen-bond acceptors (Lipinski definition) is 3. The molecule has 102 valence electrons. The fourth-order valence-corrected chi connectivity index (χ4v) is 2.28. The maximum absolute atomic E-state index is 11.3. The Morgan fingerprint density at radius 3 is 2.80 bits per heavy atom. The minimum Gasteiger partial charge on any atom is -0.482 e. The second-order valence-corrected chi connectivity index (χ2v) is 5.44. The highest BCUT2D eigenvalue weighted by atomic mass is 79.9. The number of ether oxygens (including phenoxy) is 1. The normalized spacial score (nSPS) is 13.2. The van der Waals surface area contributed by atoms with E-state index < -0.39 is 0 Å². The first-order valence-corrected chi connectivity index (χ1v) is 7.05. The van der Waals surface area contributed by atoms with Crippen molar-refractivity contribution in [1.82, 2.24) is 0 Å². The van der Waals surface area contributed by atoms with Crippen LogP contribution in [0.5, 0.6) is 5.75 Å². The van der Waals surface area contributed by atoms with Crippen LogP contribution in [0.25, 0.3) is 0 Å². The van der Waals surface area contributed by atoms with Crippen LogP contribution in [0.3, 0.4) is 0 Å². The number of fused-ring (bicyclic) bond motifs is 1. The molecule has 2 N–H and O–H groups in total. The number of anilines is 2. The second kappa shape index (κ2) is 5.54. The van der Waals surface area contributed by atoms with Crippen LogP contribution in [-0.2, 0) is 11.3 Å². The molecule has 0 aliphatic carbocycles. The van der Waals surface area contributed by atoms with Gasteiger partial charge in [0, 0.05) is 16.7 Å². The summed E-state index contributed by atoms with van der Waals surface area (Å²) in [5.74, 6) is 0.604. The molecule has 0 unspecified atom stereocenters. The summed E-state index contributed by atoms with van der Waals surface area (Å²) in [7, 11) is 0. The Labute approximate surface area is 125 Å². The Kier molecular flexibility index (Phi) is 3.60. The average molecular weight is 333 g/mol. The summed E-state index contributed by atoms with van der Waals surface area (Å²) in [5, 5.41) is 6.14. The molecule has 1 amide bonds. The minimum absolute atomic E-state index is 0.0868. The molecular formula is C15H13BrN2O2. The molecule has 5 heteroatoms. The van der Waals surface area contributed by atoms with Gasteiger partial charge in [-0.2, -0.15) is 0 Å². The molecule has 0 fully saturated rings. The fraction of sp³-hybridized carbons (Fsp3) is 0.133. The second-order valence-electron chi connectivity index (χ2n) is 4.53. The summed E-state index contributed by atoms with van der Waals surface area (Å²) in [6, 6.07) is 13.8. The SMILES string of the molecule is O=C1COc2ccc(CNc3ccc(Br)cc3)cc2N1. The zero-order valence-corrected chi connectivity index (χ0v) is 12.2. The predicted octanol–water partition coefficient (Wildman–Crippen LogP) is 3.39. The van der Waals surface area contributed by atoms with E-state index in [4.69, 9.17) is 4.74 Å². The van der Waals surface area contributed by atoms with Crippen molar-refractivity contribution in [3.8, 4) is 5.75 Å². The van der Waals surface area contributed by atoms with Gasteiger partial charge in [0.15, 0.2) is 6.61 Å². The van der Waals surface area contributed by atoms with Gasteiger partial charge in [0.1, 0.15) is 5.75 Å². The topological polar surface area (TPSA) is 50.4 Å². The highest BCUT2D eigenvalue weighted by Gasteiger charge is 2.15. The molecule has 0 aromatic heterocycles. The van der Waals surface area contributed by atoms with Crippen molar-refractivity contribution in [2.75, 3.05) is 17.2 Å². The predicted molar refractivity (Wildman–Crippen MR) is 82.0 cm³/mol. The number of carbonyl (C=O) groups excluding carboxylic acids is 1. The number of carbonyl (C=O) groups is 1. The molecular weight excluding hydrogens is 320 g/mol. The minimum atomic E-state index is -0.115. The van der Waals surface area contributed by atoms with Gasteiger partial charge in [-0.25, -0.2) is 0 Å². The smallest absolute Gasteiger partial charge is 0.262 e. The van der Waals surface area contributed by atoms with Gasteiger partial charge >= 0.3 is 0 Å². The Balaban J connectivity index is 1.70. The number of rotatable bonds is 3. The third-order valence-electron chi connectivity index (χ3n) is 3.02. The molecule has 4 nitrogen and oxygen atoms in total. The average Bonchev–Trinajstić information content (AvgIpc) is 2.46. The zero-order valence-electron chi connectivity index (χ0n) is 10.7. The Morgan fingerprint density at radius 2 is 2.00 bits per heavy atom. The van der Waals surface area contributed by atoms with Crippen LogP contribution in [0.15, 0.2) is 46.9 Å². The standard InChI is InChI=1S/C15H13BrN2O2/c16-11-2-4-12(5-3-11)17-8-10-1-6-14-13(7-10)18-15(19)9-20-14/h1-7,17H,8-9H2,(H,18,19). The molecule has 1 aliphatic heterocycles. The van der Waals surface area contributed by atoms with E-state index in [9.17, 15) is 4.79 Å². The molecule has 3 rings (SSSR count). The summed E-state index contributed by atoms with van der Waals surface area (Å²) in [5.41, 5.74) is 2.86. The van der Waals surface area contributed by atoms with E-state index >= 15 is 0 Å². The summed E-state index contributed by atoms with van der Waals surface area (Å²) < 4.78 is 6.38. The van der Waals surface area contributed by atoms with Gasteiger partial charge in [0.2, 0.25) is 0 Å². The monoisotopic (exact) mass is 332 g/mol. The van der Waals surface area contributed by atoms with Crippen LogP contribution >= 0.6 is 15.9 Å². The number of hydrogen-bond donors (Lipinski definition) is 2. The van der Waals surface area contributed by atoms with Gasteiger partial charge in [-0.05, 0) is 42.0 Å². The number of benzene rings is 2. The molecule has 0 saturated carbocycles. The van der Waals surface area contributed by atoms with Crippen molar-refractivity contribution < 1.29 is 9.53 Å². The lowest BCUT2D eigenvalue weighted by Gasteiger charge is -2.18. The molecule has 0 saturated heterocycles. The first-order chi connectivity index (χ1) is 9.70. The zero-order chi connectivity index (χ0) is 13.9. The Hall–Kier alpha value is -2.01. The van der Waals surface area contributed by atoms with Crippen LogP contribution in [0.4, 0.5) is 11.4 Å². The van der Waals surface area contributed by atoms with Gasteiger partial charge < -0.3 is 15.4 Å². The lowest BCUT2D eigenvalue weighted by molar-refractivity contribution is -0.118. The van der Waals surface area contributed by atoms with Gasteiger partial charge in [0.25, 0.3) is 5.91 Å². The van der Waals surface area contributed by atoms with Crippen LogP contribution < -0.4 is 15.4 Å². The summed E-state index contributed by atoms with van der Waals surface area (Å²) in [4.78, 5) is 11.3. The van der Waals surface area contributed by atoms with Crippen molar-refractivity contribution in [2.24, 2.45) is 0 Å². The summed E-state index contributed by atoms with van der Waals surface area (Å²) >= 11 is 3.41. The lowest BCUT2D eigenvalue weighted by Crippen LogP contribution is -2.25. The van der Waals surface area contributed by atoms with Crippen molar-refractivity contribution in [3.05, 3.63) is 52.5 Å². The van der Waals surface area contributed by atoms with E-state index in [0.717, 1.165) is 27.2 Å². The molecule has 0 atom stereocenters. The van der Waals surface area contributed by atoms with E-state index in [1.54, 1.807) is 0 Å². The van der Waals surface area contributed by atoms with Crippen LogP contribution in [0.1, 0.15) is 5.56 Å². The van der Waals surface area contributed by atoms with Crippen LogP contribution in [0.2, 0.25) is 0 Å². The van der Waals surface area contributed by atoms with Crippen molar-refractivity contribution in [1.29, 1.82) is 0 Å². The Morgan fingerprint density at radius 1 is 1.20 bits per heavy atom. The van der Waals surface area contributed by atoms with Crippen molar-refractivity contribution in [2.45, 2.75) is 6.54 Å². The van der Waals surface area contributed by atoms with Crippen LogP contribution in [-0.4, -0.2) is 12.5 Å². The maximum atomic E-state index is 11.3. The number of nitrogens with one attached hydrogen (secondary N) is 2. The highest BCUT2D eigenvalue weighted by molar-refractivity contribution is 9.10. The van der Waals surface area contributed by atoms with E-state index in [2.05, 4.69) is 26.6 Å². The Bertz CT molecular complexity index is 641. The third kappa shape index (κ3) is 2.93. The first-order valence-electron chi connectivity index (χ1n) is 6.26. The number of halogens is 1. The molecule has 0 spiro atoms. The highest BCUT2D eigenvalue weighted by Crippen LogP contribution is 2.28.